The van der Waals surface area contributed by atoms with Crippen molar-refractivity contribution in [1.82, 2.24) is 4.98 Å². The first-order chi connectivity index (χ1) is 11.4. The molecule has 2 rings (SSSR count). The topological polar surface area (TPSA) is 75.4 Å². The molecule has 0 spiro atoms. The number of aromatic nitrogens is 1. The summed E-state index contributed by atoms with van der Waals surface area (Å²) in [5, 5.41) is 19.5. The van der Waals surface area contributed by atoms with Crippen molar-refractivity contribution in [2.45, 2.75) is 13.0 Å². The van der Waals surface area contributed by atoms with E-state index >= 15 is 0 Å². The second-order valence-electron chi connectivity index (χ2n) is 4.69. The van der Waals surface area contributed by atoms with Gasteiger partial charge in [0, 0.05) is 11.8 Å². The van der Waals surface area contributed by atoms with Gasteiger partial charge in [-0.05, 0) is 43.4 Å². The lowest BCUT2D eigenvalue weighted by Crippen LogP contribution is -2.24. The van der Waals surface area contributed by atoms with Crippen molar-refractivity contribution >= 4 is 40.5 Å². The summed E-state index contributed by atoms with van der Waals surface area (Å²) in [6, 6.07) is 8.13. The maximum atomic E-state index is 10.1. The van der Waals surface area contributed by atoms with Crippen molar-refractivity contribution in [2.24, 2.45) is 0 Å². The van der Waals surface area contributed by atoms with Gasteiger partial charge >= 0.3 is 0 Å². The largest absolute Gasteiger partial charge is 0.504 e. The van der Waals surface area contributed by atoms with E-state index in [9.17, 15) is 5.11 Å². The molecular weight excluding hydrogens is 371 g/mol. The van der Waals surface area contributed by atoms with E-state index in [1.54, 1.807) is 25.1 Å². The average Bonchev–Trinajstić information content (AvgIpc) is 2.54. The van der Waals surface area contributed by atoms with Crippen LogP contribution in [0.15, 0.2) is 30.5 Å². The number of ether oxygens (including phenoxy) is 2. The van der Waals surface area contributed by atoms with Gasteiger partial charge in [-0.1, -0.05) is 23.2 Å². The molecule has 1 N–H and O–H groups in total. The lowest BCUT2D eigenvalue weighted by atomic mass is 10.1. The van der Waals surface area contributed by atoms with Crippen molar-refractivity contribution in [3.05, 3.63) is 40.5 Å². The molecule has 0 aliphatic carbocycles. The van der Waals surface area contributed by atoms with Crippen molar-refractivity contribution in [1.29, 1.82) is 5.26 Å². The first-order valence-electron chi connectivity index (χ1n) is 6.77. The molecule has 1 heterocycles. The smallest absolute Gasteiger partial charge is 0.201 e. The lowest BCUT2D eigenvalue weighted by Gasteiger charge is -2.16. The van der Waals surface area contributed by atoms with Crippen LogP contribution in [0.25, 0.3) is 11.3 Å². The zero-order valence-corrected chi connectivity index (χ0v) is 14.8. The van der Waals surface area contributed by atoms with E-state index in [2.05, 4.69) is 4.98 Å². The average molecular weight is 383 g/mol. The molecule has 1 atom stereocenters. The fourth-order valence-electron chi connectivity index (χ4n) is 1.85. The molecule has 2 aromatic rings. The summed E-state index contributed by atoms with van der Waals surface area (Å²) in [5.41, 5.74) is 1.10. The molecule has 1 aromatic heterocycles. The third-order valence-electron chi connectivity index (χ3n) is 2.95. The summed E-state index contributed by atoms with van der Waals surface area (Å²) in [7, 11) is 0. The normalized spacial score (nSPS) is 11.4. The van der Waals surface area contributed by atoms with Crippen LogP contribution in [0.2, 0.25) is 10.0 Å². The van der Waals surface area contributed by atoms with Crippen LogP contribution < -0.4 is 4.74 Å². The first-order valence-corrected chi connectivity index (χ1v) is 7.93. The highest BCUT2D eigenvalue weighted by molar-refractivity contribution is 7.80. The van der Waals surface area contributed by atoms with Crippen molar-refractivity contribution in [2.75, 3.05) is 6.61 Å². The Labute approximate surface area is 154 Å². The zero-order chi connectivity index (χ0) is 17.7. The standard InChI is InChI=1S/C16H12Cl2N2O3S/c1-9(16(24)22-5-4-19)23-14-3-2-10(6-13(14)21)15-12(18)7-11(17)8-20-15/h2-3,6-9,21H,5H2,1H3. The molecule has 0 amide bonds. The van der Waals surface area contributed by atoms with Gasteiger partial charge in [-0.25, -0.2) is 0 Å². The van der Waals surface area contributed by atoms with E-state index in [-0.39, 0.29) is 23.2 Å². The van der Waals surface area contributed by atoms with Gasteiger partial charge < -0.3 is 14.6 Å². The molecule has 0 radical (unpaired) electrons. The van der Waals surface area contributed by atoms with Gasteiger partial charge in [0.1, 0.15) is 6.07 Å². The summed E-state index contributed by atoms with van der Waals surface area (Å²) < 4.78 is 10.6. The highest BCUT2D eigenvalue weighted by Crippen LogP contribution is 2.34. The summed E-state index contributed by atoms with van der Waals surface area (Å²) in [4.78, 5) is 4.15. The van der Waals surface area contributed by atoms with Gasteiger partial charge in [0.2, 0.25) is 5.05 Å². The number of thiocarbonyl (C=S) groups is 1. The molecular formula is C16H12Cl2N2O3S. The van der Waals surface area contributed by atoms with Crippen LogP contribution in [0.4, 0.5) is 0 Å². The fourth-order valence-corrected chi connectivity index (χ4v) is 2.45. The minimum Gasteiger partial charge on any atom is -0.504 e. The minimum atomic E-state index is -0.609. The molecule has 1 unspecified atom stereocenters. The Morgan fingerprint density at radius 2 is 2.17 bits per heavy atom. The van der Waals surface area contributed by atoms with Gasteiger partial charge in [0.25, 0.3) is 0 Å². The van der Waals surface area contributed by atoms with Crippen LogP contribution in [0.5, 0.6) is 11.5 Å². The predicted octanol–water partition coefficient (Wildman–Crippen LogP) is 4.40. The Bertz CT molecular complexity index is 808. The Kier molecular flexibility index (Phi) is 6.21. The molecule has 24 heavy (non-hydrogen) atoms. The number of pyridine rings is 1. The Balaban J connectivity index is 2.18. The third-order valence-corrected chi connectivity index (χ3v) is 3.90. The zero-order valence-electron chi connectivity index (χ0n) is 12.5. The molecule has 0 bridgehead atoms. The lowest BCUT2D eigenvalue weighted by molar-refractivity contribution is 0.231. The van der Waals surface area contributed by atoms with E-state index in [4.69, 9.17) is 50.2 Å². The molecule has 0 aliphatic heterocycles. The van der Waals surface area contributed by atoms with Crippen LogP contribution in [-0.2, 0) is 4.74 Å². The van der Waals surface area contributed by atoms with E-state index in [1.165, 1.54) is 12.3 Å². The molecule has 0 saturated carbocycles. The summed E-state index contributed by atoms with van der Waals surface area (Å²) in [6.45, 7) is 1.50. The number of hydrogen-bond acceptors (Lipinski definition) is 6. The van der Waals surface area contributed by atoms with Crippen LogP contribution in [-0.4, -0.2) is 27.9 Å². The van der Waals surface area contributed by atoms with Crippen LogP contribution in [0.1, 0.15) is 6.92 Å². The number of benzene rings is 1. The van der Waals surface area contributed by atoms with Gasteiger partial charge in [-0.2, -0.15) is 5.26 Å². The monoisotopic (exact) mass is 382 g/mol. The van der Waals surface area contributed by atoms with E-state index in [0.29, 0.717) is 21.3 Å². The van der Waals surface area contributed by atoms with Crippen molar-refractivity contribution in [3.8, 4) is 28.8 Å². The number of phenols is 1. The number of nitrogens with zero attached hydrogens (tertiary/aromatic N) is 2. The maximum absolute atomic E-state index is 10.1. The molecule has 124 valence electrons. The molecule has 0 fully saturated rings. The van der Waals surface area contributed by atoms with E-state index in [1.807, 2.05) is 6.07 Å². The molecule has 8 heteroatoms. The number of rotatable bonds is 5. The second kappa shape index (κ2) is 8.15. The third kappa shape index (κ3) is 4.48. The van der Waals surface area contributed by atoms with Crippen molar-refractivity contribution < 1.29 is 14.6 Å². The molecule has 1 aromatic carbocycles. The fraction of sp³-hybridized carbons (Fsp3) is 0.188. The Morgan fingerprint density at radius 3 is 2.79 bits per heavy atom. The highest BCUT2D eigenvalue weighted by atomic mass is 35.5. The number of hydrogen-bond donors (Lipinski definition) is 1. The summed E-state index contributed by atoms with van der Waals surface area (Å²) >= 11 is 16.9. The van der Waals surface area contributed by atoms with Gasteiger partial charge in [0.15, 0.2) is 24.2 Å². The molecule has 5 nitrogen and oxygen atoms in total. The van der Waals surface area contributed by atoms with Crippen LogP contribution in [0, 0.1) is 11.3 Å². The number of nitriles is 1. The number of aromatic hydroxyl groups is 1. The first kappa shape index (κ1) is 18.3. The minimum absolute atomic E-state index is 0.102. The van der Waals surface area contributed by atoms with Crippen LogP contribution in [0.3, 0.4) is 0 Å². The predicted molar refractivity (Wildman–Crippen MR) is 95.6 cm³/mol. The van der Waals surface area contributed by atoms with Gasteiger partial charge in [0.05, 0.1) is 15.7 Å². The van der Waals surface area contributed by atoms with Gasteiger partial charge in [-0.15, -0.1) is 0 Å². The molecule has 0 saturated heterocycles. The van der Waals surface area contributed by atoms with E-state index in [0.717, 1.165) is 0 Å². The summed E-state index contributed by atoms with van der Waals surface area (Å²) in [5.74, 6) is 0.120. The van der Waals surface area contributed by atoms with E-state index < -0.39 is 6.10 Å². The second-order valence-corrected chi connectivity index (χ2v) is 5.94. The highest BCUT2D eigenvalue weighted by Gasteiger charge is 2.15. The maximum Gasteiger partial charge on any atom is 0.201 e. The van der Waals surface area contributed by atoms with Gasteiger partial charge in [-0.3, -0.25) is 4.98 Å². The SMILES string of the molecule is CC(Oc1ccc(-c2ncc(Cl)cc2Cl)cc1O)C(=S)OCC#N. The van der Waals surface area contributed by atoms with Crippen LogP contribution >= 0.6 is 35.4 Å². The number of halogens is 2. The Morgan fingerprint density at radius 1 is 1.42 bits per heavy atom. The van der Waals surface area contributed by atoms with Crippen molar-refractivity contribution in [3.63, 3.8) is 0 Å². The molecule has 0 aliphatic rings. The summed E-state index contributed by atoms with van der Waals surface area (Å²) in [6.07, 6.45) is 0.861. The number of phenolic OH excluding ortho intramolecular Hbond substituents is 1. The quantitative estimate of drug-likeness (QED) is 0.772. The Hall–Kier alpha value is -2.07.